The Balaban J connectivity index is 1.61. The average molecular weight is 293 g/mol. The molecular weight excluding hydrogens is 266 g/mol. The number of rotatable bonds is 3. The van der Waals surface area contributed by atoms with Crippen LogP contribution in [0.2, 0.25) is 0 Å². The van der Waals surface area contributed by atoms with E-state index in [1.165, 1.54) is 62.6 Å². The maximum Gasteiger partial charge on any atom is 0.0954 e. The van der Waals surface area contributed by atoms with E-state index in [0.717, 1.165) is 6.54 Å². The first-order chi connectivity index (χ1) is 9.67. The highest BCUT2D eigenvalue weighted by atomic mass is 32.1. The van der Waals surface area contributed by atoms with E-state index in [-0.39, 0.29) is 0 Å². The van der Waals surface area contributed by atoms with Crippen molar-refractivity contribution in [3.63, 3.8) is 0 Å². The summed E-state index contributed by atoms with van der Waals surface area (Å²) in [7, 11) is 0. The fourth-order valence-electron chi connectivity index (χ4n) is 3.71. The summed E-state index contributed by atoms with van der Waals surface area (Å²) in [5, 5.41) is 7.15. The van der Waals surface area contributed by atoms with Crippen LogP contribution in [0.5, 0.6) is 0 Å². The Kier molecular flexibility index (Phi) is 4.43. The maximum absolute atomic E-state index is 4.80. The molecule has 0 bridgehead atoms. The molecule has 0 aliphatic carbocycles. The molecule has 112 valence electrons. The Hall–Kier alpha value is -0.450. The Labute approximate surface area is 126 Å². The van der Waals surface area contributed by atoms with Gasteiger partial charge in [-0.1, -0.05) is 13.8 Å². The Morgan fingerprint density at radius 3 is 2.95 bits per heavy atom. The monoisotopic (exact) mass is 293 g/mol. The first kappa shape index (κ1) is 14.5. The fourth-order valence-corrected chi connectivity index (χ4v) is 4.54. The number of aromatic nitrogens is 1. The van der Waals surface area contributed by atoms with Gasteiger partial charge in [0.05, 0.1) is 10.7 Å². The van der Waals surface area contributed by atoms with E-state index in [1.54, 1.807) is 0 Å². The van der Waals surface area contributed by atoms with Gasteiger partial charge in [0.15, 0.2) is 0 Å². The molecule has 2 saturated heterocycles. The minimum atomic E-state index is 0.549. The third-order valence-corrected chi connectivity index (χ3v) is 5.94. The first-order valence-corrected chi connectivity index (χ1v) is 8.92. The van der Waals surface area contributed by atoms with E-state index < -0.39 is 0 Å². The van der Waals surface area contributed by atoms with Gasteiger partial charge in [-0.25, -0.2) is 4.98 Å². The first-order valence-electron chi connectivity index (χ1n) is 8.04. The number of nitrogens with one attached hydrogen (secondary N) is 1. The van der Waals surface area contributed by atoms with Crippen LogP contribution in [0.4, 0.5) is 0 Å². The lowest BCUT2D eigenvalue weighted by molar-refractivity contribution is 0.0594. The van der Waals surface area contributed by atoms with Crippen molar-refractivity contribution in [2.45, 2.75) is 52.0 Å². The largest absolute Gasteiger partial charge is 0.316 e. The molecule has 2 aliphatic rings. The molecule has 0 aromatic carbocycles. The summed E-state index contributed by atoms with van der Waals surface area (Å²) in [6.07, 6.45) is 5.51. The second-order valence-corrected chi connectivity index (χ2v) is 7.82. The van der Waals surface area contributed by atoms with Crippen LogP contribution >= 0.6 is 11.3 Å². The number of thiazole rings is 1. The van der Waals surface area contributed by atoms with Gasteiger partial charge in [0.1, 0.15) is 0 Å². The van der Waals surface area contributed by atoms with Crippen molar-refractivity contribution in [3.05, 3.63) is 16.1 Å². The molecule has 2 fully saturated rings. The number of likely N-dealkylation sites (tertiary alicyclic amines) is 1. The minimum Gasteiger partial charge on any atom is -0.316 e. The van der Waals surface area contributed by atoms with Crippen LogP contribution in [0, 0.1) is 5.41 Å². The van der Waals surface area contributed by atoms with E-state index in [9.17, 15) is 0 Å². The van der Waals surface area contributed by atoms with Gasteiger partial charge in [-0.3, -0.25) is 4.90 Å². The number of piperidine rings is 2. The molecule has 2 aliphatic heterocycles. The maximum atomic E-state index is 4.80. The molecule has 3 nitrogen and oxygen atoms in total. The highest BCUT2D eigenvalue weighted by molar-refractivity contribution is 7.09. The zero-order valence-corrected chi connectivity index (χ0v) is 13.6. The fraction of sp³-hybridized carbons (Fsp3) is 0.812. The summed E-state index contributed by atoms with van der Waals surface area (Å²) >= 11 is 1.82. The highest BCUT2D eigenvalue weighted by Gasteiger charge is 2.36. The molecule has 1 spiro atoms. The zero-order chi connectivity index (χ0) is 14.0. The summed E-state index contributed by atoms with van der Waals surface area (Å²) in [6.45, 7) is 10.4. The summed E-state index contributed by atoms with van der Waals surface area (Å²) in [5.74, 6) is 0.559. The molecule has 1 aromatic heterocycles. The van der Waals surface area contributed by atoms with E-state index in [2.05, 4.69) is 29.4 Å². The predicted octanol–water partition coefficient (Wildman–Crippen LogP) is 3.23. The standard InChI is InChI=1S/C16H27N3S/c1-13(2)15-18-14(10-20-15)9-19-8-4-6-16(12-19)5-3-7-17-11-16/h10,13,17H,3-9,11-12H2,1-2H3. The van der Waals surface area contributed by atoms with Gasteiger partial charge in [0, 0.05) is 30.9 Å². The van der Waals surface area contributed by atoms with Gasteiger partial charge in [0.25, 0.3) is 0 Å². The van der Waals surface area contributed by atoms with Crippen LogP contribution in [0.3, 0.4) is 0 Å². The van der Waals surface area contributed by atoms with Crippen LogP contribution in [0.15, 0.2) is 5.38 Å². The zero-order valence-electron chi connectivity index (χ0n) is 12.8. The molecule has 0 radical (unpaired) electrons. The Bertz CT molecular complexity index is 429. The lowest BCUT2D eigenvalue weighted by Gasteiger charge is -2.45. The van der Waals surface area contributed by atoms with Crippen molar-refractivity contribution in [1.29, 1.82) is 0 Å². The van der Waals surface area contributed by atoms with Gasteiger partial charge in [-0.15, -0.1) is 11.3 Å². The Morgan fingerprint density at radius 1 is 1.40 bits per heavy atom. The molecule has 3 heterocycles. The van der Waals surface area contributed by atoms with Crippen LogP contribution in [-0.2, 0) is 6.54 Å². The minimum absolute atomic E-state index is 0.549. The summed E-state index contributed by atoms with van der Waals surface area (Å²) in [5.41, 5.74) is 1.83. The average Bonchev–Trinajstić information content (AvgIpc) is 2.88. The molecule has 3 rings (SSSR count). The van der Waals surface area contributed by atoms with E-state index in [4.69, 9.17) is 4.98 Å². The van der Waals surface area contributed by atoms with Crippen LogP contribution in [0.25, 0.3) is 0 Å². The summed E-state index contributed by atoms with van der Waals surface area (Å²) in [4.78, 5) is 7.43. The molecule has 1 unspecified atom stereocenters. The molecule has 1 aromatic rings. The lowest BCUT2D eigenvalue weighted by atomic mass is 9.74. The summed E-state index contributed by atoms with van der Waals surface area (Å²) < 4.78 is 0. The highest BCUT2D eigenvalue weighted by Crippen LogP contribution is 2.36. The molecule has 1 N–H and O–H groups in total. The number of nitrogens with zero attached hydrogens (tertiary/aromatic N) is 2. The molecule has 0 amide bonds. The van der Waals surface area contributed by atoms with Crippen molar-refractivity contribution in [1.82, 2.24) is 15.2 Å². The summed E-state index contributed by atoms with van der Waals surface area (Å²) in [6, 6.07) is 0. The van der Waals surface area contributed by atoms with Gasteiger partial charge in [-0.05, 0) is 44.2 Å². The van der Waals surface area contributed by atoms with Gasteiger partial charge < -0.3 is 5.32 Å². The van der Waals surface area contributed by atoms with E-state index in [1.807, 2.05) is 11.3 Å². The molecule has 0 saturated carbocycles. The Morgan fingerprint density at radius 2 is 2.25 bits per heavy atom. The van der Waals surface area contributed by atoms with Gasteiger partial charge >= 0.3 is 0 Å². The van der Waals surface area contributed by atoms with Crippen LogP contribution in [-0.4, -0.2) is 36.1 Å². The SMILES string of the molecule is CC(C)c1nc(CN2CCCC3(CCCNC3)C2)cs1. The quantitative estimate of drug-likeness (QED) is 0.927. The molecular formula is C16H27N3S. The molecule has 20 heavy (non-hydrogen) atoms. The second-order valence-electron chi connectivity index (χ2n) is 6.93. The number of hydrogen-bond acceptors (Lipinski definition) is 4. The van der Waals surface area contributed by atoms with Crippen molar-refractivity contribution in [3.8, 4) is 0 Å². The van der Waals surface area contributed by atoms with Crippen LogP contribution < -0.4 is 5.32 Å². The van der Waals surface area contributed by atoms with E-state index >= 15 is 0 Å². The molecule has 1 atom stereocenters. The third-order valence-electron chi connectivity index (χ3n) is 4.75. The second kappa shape index (κ2) is 6.12. The predicted molar refractivity (Wildman–Crippen MR) is 85.3 cm³/mol. The van der Waals surface area contributed by atoms with Crippen molar-refractivity contribution < 1.29 is 0 Å². The van der Waals surface area contributed by atoms with E-state index in [0.29, 0.717) is 11.3 Å². The van der Waals surface area contributed by atoms with Crippen LogP contribution in [0.1, 0.15) is 56.2 Å². The van der Waals surface area contributed by atoms with Gasteiger partial charge in [0.2, 0.25) is 0 Å². The normalized spacial score (nSPS) is 28.4. The van der Waals surface area contributed by atoms with Crippen molar-refractivity contribution >= 4 is 11.3 Å². The number of hydrogen-bond donors (Lipinski definition) is 1. The third kappa shape index (κ3) is 3.23. The topological polar surface area (TPSA) is 28.2 Å². The lowest BCUT2D eigenvalue weighted by Crippen LogP contribution is -2.50. The van der Waals surface area contributed by atoms with Crippen molar-refractivity contribution in [2.24, 2.45) is 5.41 Å². The van der Waals surface area contributed by atoms with Crippen molar-refractivity contribution in [2.75, 3.05) is 26.2 Å². The smallest absolute Gasteiger partial charge is 0.0954 e. The molecule has 4 heteroatoms. The van der Waals surface area contributed by atoms with Gasteiger partial charge in [-0.2, -0.15) is 0 Å².